The van der Waals surface area contributed by atoms with Crippen molar-refractivity contribution in [3.63, 3.8) is 0 Å². The Kier molecular flexibility index (Phi) is 3.98. The van der Waals surface area contributed by atoms with E-state index in [0.717, 1.165) is 30.7 Å². The van der Waals surface area contributed by atoms with Gasteiger partial charge in [0.25, 0.3) is 0 Å². The van der Waals surface area contributed by atoms with Crippen molar-refractivity contribution in [2.75, 3.05) is 18.5 Å². The average molecular weight is 234 g/mol. The Morgan fingerprint density at radius 2 is 2.29 bits per heavy atom. The zero-order valence-corrected chi connectivity index (χ0v) is 10.0. The molecule has 0 spiro atoms. The summed E-state index contributed by atoms with van der Waals surface area (Å²) in [4.78, 5) is 11.6. The summed E-state index contributed by atoms with van der Waals surface area (Å²) in [5.74, 6) is 0. The van der Waals surface area contributed by atoms with Crippen LogP contribution in [0.15, 0.2) is 24.3 Å². The van der Waals surface area contributed by atoms with Crippen LogP contribution in [0, 0.1) is 6.92 Å². The van der Waals surface area contributed by atoms with Crippen LogP contribution < -0.4 is 10.6 Å². The Balaban J connectivity index is 1.79. The van der Waals surface area contributed by atoms with Gasteiger partial charge in [-0.2, -0.15) is 0 Å². The number of ether oxygens (including phenoxy) is 1. The quantitative estimate of drug-likeness (QED) is 0.843. The molecule has 1 atom stereocenters. The molecule has 2 rings (SSSR count). The zero-order valence-electron chi connectivity index (χ0n) is 10.0. The molecule has 0 aromatic heterocycles. The number of hydrogen-bond donors (Lipinski definition) is 2. The van der Waals surface area contributed by atoms with Crippen molar-refractivity contribution in [3.05, 3.63) is 29.8 Å². The first-order valence-corrected chi connectivity index (χ1v) is 5.98. The van der Waals surface area contributed by atoms with Gasteiger partial charge in [-0.15, -0.1) is 0 Å². The van der Waals surface area contributed by atoms with Gasteiger partial charge in [0.05, 0.1) is 6.10 Å². The second kappa shape index (κ2) is 5.68. The Morgan fingerprint density at radius 3 is 3.00 bits per heavy atom. The standard InChI is InChI=1S/C13H18N2O2/c1-10-5-2-3-7-12(10)15-13(16)14-9-11-6-4-8-17-11/h2-3,5,7,11H,4,6,8-9H2,1H3,(H2,14,15,16). The van der Waals surface area contributed by atoms with Crippen LogP contribution in [0.4, 0.5) is 10.5 Å². The molecule has 0 bridgehead atoms. The molecule has 4 nitrogen and oxygen atoms in total. The lowest BCUT2D eigenvalue weighted by Crippen LogP contribution is -2.35. The van der Waals surface area contributed by atoms with Gasteiger partial charge < -0.3 is 15.4 Å². The fraction of sp³-hybridized carbons (Fsp3) is 0.462. The predicted octanol–water partition coefficient (Wildman–Crippen LogP) is 2.30. The maximum Gasteiger partial charge on any atom is 0.319 e. The minimum atomic E-state index is -0.171. The fourth-order valence-electron chi connectivity index (χ4n) is 1.89. The highest BCUT2D eigenvalue weighted by molar-refractivity contribution is 5.89. The van der Waals surface area contributed by atoms with E-state index in [1.807, 2.05) is 31.2 Å². The van der Waals surface area contributed by atoms with Crippen molar-refractivity contribution in [2.24, 2.45) is 0 Å². The van der Waals surface area contributed by atoms with Crippen molar-refractivity contribution in [3.8, 4) is 0 Å². The molecule has 1 aromatic rings. The minimum absolute atomic E-state index is 0.171. The average Bonchev–Trinajstić information content (AvgIpc) is 2.82. The third-order valence-corrected chi connectivity index (χ3v) is 2.91. The monoisotopic (exact) mass is 234 g/mol. The van der Waals surface area contributed by atoms with E-state index < -0.39 is 0 Å². The second-order valence-electron chi connectivity index (χ2n) is 4.28. The van der Waals surface area contributed by atoms with E-state index in [-0.39, 0.29) is 12.1 Å². The van der Waals surface area contributed by atoms with Crippen molar-refractivity contribution in [1.82, 2.24) is 5.32 Å². The van der Waals surface area contributed by atoms with Gasteiger partial charge in [-0.25, -0.2) is 4.79 Å². The van der Waals surface area contributed by atoms with E-state index >= 15 is 0 Å². The molecule has 2 amide bonds. The molecule has 17 heavy (non-hydrogen) atoms. The molecule has 1 aliphatic rings. The molecular formula is C13H18N2O2. The van der Waals surface area contributed by atoms with Crippen LogP contribution in [0.5, 0.6) is 0 Å². The Bertz CT molecular complexity index is 387. The highest BCUT2D eigenvalue weighted by atomic mass is 16.5. The first kappa shape index (κ1) is 11.9. The Morgan fingerprint density at radius 1 is 1.47 bits per heavy atom. The maximum absolute atomic E-state index is 11.6. The molecule has 1 aliphatic heterocycles. The smallest absolute Gasteiger partial charge is 0.319 e. The third-order valence-electron chi connectivity index (χ3n) is 2.91. The van der Waals surface area contributed by atoms with E-state index in [1.54, 1.807) is 0 Å². The lowest BCUT2D eigenvalue weighted by molar-refractivity contribution is 0.112. The molecule has 1 unspecified atom stereocenters. The van der Waals surface area contributed by atoms with Gasteiger partial charge in [-0.1, -0.05) is 18.2 Å². The molecule has 0 aliphatic carbocycles. The number of urea groups is 1. The number of amides is 2. The van der Waals surface area contributed by atoms with Crippen LogP contribution in [0.25, 0.3) is 0 Å². The van der Waals surface area contributed by atoms with Gasteiger partial charge in [0.15, 0.2) is 0 Å². The van der Waals surface area contributed by atoms with E-state index in [2.05, 4.69) is 10.6 Å². The second-order valence-corrected chi connectivity index (χ2v) is 4.28. The van der Waals surface area contributed by atoms with E-state index in [0.29, 0.717) is 6.54 Å². The van der Waals surface area contributed by atoms with Gasteiger partial charge in [0, 0.05) is 18.8 Å². The van der Waals surface area contributed by atoms with Crippen molar-refractivity contribution >= 4 is 11.7 Å². The molecule has 92 valence electrons. The number of para-hydroxylation sites is 1. The molecule has 1 saturated heterocycles. The summed E-state index contributed by atoms with van der Waals surface area (Å²) in [5.41, 5.74) is 1.90. The summed E-state index contributed by atoms with van der Waals surface area (Å²) in [6, 6.07) is 7.54. The molecule has 1 fully saturated rings. The highest BCUT2D eigenvalue weighted by Gasteiger charge is 2.16. The summed E-state index contributed by atoms with van der Waals surface area (Å²) in [6.07, 6.45) is 2.30. The Hall–Kier alpha value is -1.55. The number of aryl methyl sites for hydroxylation is 1. The predicted molar refractivity (Wildman–Crippen MR) is 67.2 cm³/mol. The summed E-state index contributed by atoms with van der Waals surface area (Å²) in [6.45, 7) is 3.36. The number of hydrogen-bond acceptors (Lipinski definition) is 2. The fourth-order valence-corrected chi connectivity index (χ4v) is 1.89. The third kappa shape index (κ3) is 3.46. The highest BCUT2D eigenvalue weighted by Crippen LogP contribution is 2.13. The number of benzene rings is 1. The number of rotatable bonds is 3. The molecule has 1 aromatic carbocycles. The molecule has 4 heteroatoms. The first-order valence-electron chi connectivity index (χ1n) is 5.98. The largest absolute Gasteiger partial charge is 0.376 e. The minimum Gasteiger partial charge on any atom is -0.376 e. The summed E-state index contributed by atoms with van der Waals surface area (Å²) < 4.78 is 5.43. The number of anilines is 1. The van der Waals surface area contributed by atoms with Crippen LogP contribution in [-0.2, 0) is 4.74 Å². The van der Waals surface area contributed by atoms with Crippen LogP contribution >= 0.6 is 0 Å². The number of carbonyl (C=O) groups is 1. The van der Waals surface area contributed by atoms with Crippen molar-refractivity contribution in [1.29, 1.82) is 0 Å². The molecule has 1 heterocycles. The van der Waals surface area contributed by atoms with Crippen molar-refractivity contribution < 1.29 is 9.53 Å². The number of carbonyl (C=O) groups excluding carboxylic acids is 1. The molecule has 0 radical (unpaired) electrons. The van der Waals surface area contributed by atoms with Gasteiger partial charge in [-0.05, 0) is 31.4 Å². The topological polar surface area (TPSA) is 50.4 Å². The normalized spacial score (nSPS) is 19.0. The van der Waals surface area contributed by atoms with Crippen molar-refractivity contribution in [2.45, 2.75) is 25.9 Å². The van der Waals surface area contributed by atoms with E-state index in [9.17, 15) is 4.79 Å². The molecule has 2 N–H and O–H groups in total. The lowest BCUT2D eigenvalue weighted by atomic mass is 10.2. The van der Waals surface area contributed by atoms with Crippen LogP contribution in [0.1, 0.15) is 18.4 Å². The van der Waals surface area contributed by atoms with Crippen LogP contribution in [0.3, 0.4) is 0 Å². The Labute approximate surface area is 101 Å². The SMILES string of the molecule is Cc1ccccc1NC(=O)NCC1CCCO1. The zero-order chi connectivity index (χ0) is 12.1. The summed E-state index contributed by atoms with van der Waals surface area (Å²) in [7, 11) is 0. The van der Waals surface area contributed by atoms with E-state index in [4.69, 9.17) is 4.74 Å². The summed E-state index contributed by atoms with van der Waals surface area (Å²) >= 11 is 0. The maximum atomic E-state index is 11.6. The van der Waals surface area contributed by atoms with Gasteiger partial charge in [0.1, 0.15) is 0 Å². The number of nitrogens with one attached hydrogen (secondary N) is 2. The lowest BCUT2D eigenvalue weighted by Gasteiger charge is -2.12. The molecular weight excluding hydrogens is 216 g/mol. The van der Waals surface area contributed by atoms with Gasteiger partial charge in [0.2, 0.25) is 0 Å². The van der Waals surface area contributed by atoms with Gasteiger partial charge >= 0.3 is 6.03 Å². The van der Waals surface area contributed by atoms with Gasteiger partial charge in [-0.3, -0.25) is 0 Å². The van der Waals surface area contributed by atoms with E-state index in [1.165, 1.54) is 0 Å². The van der Waals surface area contributed by atoms with Crippen LogP contribution in [-0.4, -0.2) is 25.3 Å². The summed E-state index contributed by atoms with van der Waals surface area (Å²) in [5, 5.41) is 5.65. The molecule has 0 saturated carbocycles. The van der Waals surface area contributed by atoms with Crippen LogP contribution in [0.2, 0.25) is 0 Å². The first-order chi connectivity index (χ1) is 8.25.